The molecule has 1 aromatic rings. The third kappa shape index (κ3) is 7.30. The molecule has 2 aliphatic heterocycles. The van der Waals surface area contributed by atoms with Gasteiger partial charge in [-0.05, 0) is 63.4 Å². The second kappa shape index (κ2) is 12.7. The molecule has 1 saturated carbocycles. The van der Waals surface area contributed by atoms with E-state index in [0.717, 1.165) is 56.7 Å². The van der Waals surface area contributed by atoms with Crippen LogP contribution in [0.5, 0.6) is 5.75 Å². The molecule has 3 aliphatic rings. The Morgan fingerprint density at radius 3 is 2.55 bits per heavy atom. The van der Waals surface area contributed by atoms with Crippen LogP contribution in [-0.4, -0.2) is 62.2 Å². The molecule has 2 heterocycles. The normalized spacial score (nSPS) is 20.4. The Hall–Kier alpha value is -2.39. The molecule has 180 valence electrons. The van der Waals surface area contributed by atoms with Gasteiger partial charge < -0.3 is 25.3 Å². The molecule has 1 saturated heterocycles. The van der Waals surface area contributed by atoms with Crippen molar-refractivity contribution in [3.05, 3.63) is 46.5 Å². The molecule has 2 fully saturated rings. The van der Waals surface area contributed by atoms with Crippen molar-refractivity contribution >= 4 is 13.0 Å². The second-order valence-corrected chi connectivity index (χ2v) is 9.28. The number of nitrogens with one attached hydrogen (secondary N) is 2. The molecule has 9 heteroatoms. The smallest absolute Gasteiger partial charge is 0.536 e. The number of hydrogen-bond donors (Lipinski definition) is 3. The van der Waals surface area contributed by atoms with Gasteiger partial charge in [-0.1, -0.05) is 49.5 Å². The monoisotopic (exact) mass is 456 g/mol. The predicted molar refractivity (Wildman–Crippen MR) is 132 cm³/mol. The van der Waals surface area contributed by atoms with Gasteiger partial charge in [-0.25, -0.2) is 4.79 Å². The molecule has 0 bridgehead atoms. The molecule has 0 aromatic heterocycles. The van der Waals surface area contributed by atoms with Crippen LogP contribution in [0.1, 0.15) is 60.9 Å². The van der Waals surface area contributed by atoms with Crippen LogP contribution in [0.2, 0.25) is 0 Å². The first-order chi connectivity index (χ1) is 16.0. The fraction of sp³-hybridized carbons (Fsp3) is 0.625. The van der Waals surface area contributed by atoms with Crippen LogP contribution in [0.4, 0.5) is 0 Å². The number of benzene rings is 1. The molecule has 1 unspecified atom stereocenters. The number of hydrogen-bond acceptors (Lipinski definition) is 7. The number of fused-ring (bicyclic) bond motifs is 1. The maximum absolute atomic E-state index is 11.4. The number of carbonyl (C=O) groups is 1. The molecule has 33 heavy (non-hydrogen) atoms. The van der Waals surface area contributed by atoms with Crippen LogP contribution in [0.15, 0.2) is 35.6 Å². The molecule has 8 nitrogen and oxygen atoms in total. The lowest BCUT2D eigenvalue weighted by molar-refractivity contribution is 0.0694. The van der Waals surface area contributed by atoms with Crippen LogP contribution in [0.3, 0.4) is 0 Å². The summed E-state index contributed by atoms with van der Waals surface area (Å²) in [6.45, 7) is 8.42. The van der Waals surface area contributed by atoms with E-state index >= 15 is 0 Å². The summed E-state index contributed by atoms with van der Waals surface area (Å²) >= 11 is 0. The number of nitrogens with zero attached hydrogens (tertiary/aromatic N) is 2. The highest BCUT2D eigenvalue weighted by atomic mass is 16.5. The number of likely N-dealkylation sites (N-methyl/N-ethyl adjacent to an activating group) is 1. The fourth-order valence-corrected chi connectivity index (χ4v) is 4.41. The van der Waals surface area contributed by atoms with E-state index < -0.39 is 13.0 Å². The van der Waals surface area contributed by atoms with Gasteiger partial charge >= 0.3 is 13.0 Å². The zero-order chi connectivity index (χ0) is 23.6. The van der Waals surface area contributed by atoms with E-state index in [0.29, 0.717) is 12.3 Å². The van der Waals surface area contributed by atoms with Gasteiger partial charge in [0.2, 0.25) is 0 Å². The quantitative estimate of drug-likeness (QED) is 0.386. The van der Waals surface area contributed by atoms with Crippen molar-refractivity contribution in [2.45, 2.75) is 57.3 Å². The van der Waals surface area contributed by atoms with Crippen LogP contribution in [0, 0.1) is 10.8 Å². The summed E-state index contributed by atoms with van der Waals surface area (Å²) in [7, 11) is 0.989. The number of allylic oxidation sites excluding steroid dienone is 1. The standard InChI is InChI=1S/C20H29BN4O4.C4H8/c1-14(12-15-6-9-25(10-7-15)11-8-22-2)23-18-13-16-4-3-5-17(20(26)27)19(16)29-21(18)24-28;1-2-4-3-1/h3-5,15,18,22-23H,1,6-13H2,2H3,(H,26,27);1-4H2. The number of aromatic carboxylic acids is 1. The van der Waals surface area contributed by atoms with Gasteiger partial charge in [-0.2, -0.15) is 4.91 Å². The summed E-state index contributed by atoms with van der Waals surface area (Å²) in [4.78, 5) is 25.2. The molecule has 3 N–H and O–H groups in total. The van der Waals surface area contributed by atoms with Gasteiger partial charge in [0.25, 0.3) is 0 Å². The zero-order valence-corrected chi connectivity index (χ0v) is 19.7. The first-order valence-corrected chi connectivity index (χ1v) is 12.2. The SMILES string of the molecule is C1CCC1.C=C(CC1CCN(CCNC)CC1)NC1Cc2cccc(C(=O)O)c2OB1N=O. The van der Waals surface area contributed by atoms with Crippen molar-refractivity contribution in [3.63, 3.8) is 0 Å². The first-order valence-electron chi connectivity index (χ1n) is 12.2. The van der Waals surface area contributed by atoms with Crippen molar-refractivity contribution in [2.24, 2.45) is 11.0 Å². The number of carboxylic acid groups (broad SMARTS) is 1. The molecule has 1 atom stereocenters. The van der Waals surface area contributed by atoms with Crippen LogP contribution in [0.25, 0.3) is 0 Å². The van der Waals surface area contributed by atoms with E-state index in [9.17, 15) is 14.8 Å². The lowest BCUT2D eigenvalue weighted by Gasteiger charge is -2.33. The Balaban J connectivity index is 0.000000690. The number of rotatable bonds is 9. The van der Waals surface area contributed by atoms with E-state index in [-0.39, 0.29) is 17.3 Å². The average Bonchev–Trinajstić information content (AvgIpc) is 2.76. The minimum atomic E-state index is -1.08. The van der Waals surface area contributed by atoms with Crippen molar-refractivity contribution in [1.82, 2.24) is 15.5 Å². The highest BCUT2D eigenvalue weighted by Crippen LogP contribution is 2.31. The summed E-state index contributed by atoms with van der Waals surface area (Å²) in [5, 5.41) is 18.9. The van der Waals surface area contributed by atoms with Crippen LogP contribution < -0.4 is 15.3 Å². The van der Waals surface area contributed by atoms with E-state index in [4.69, 9.17) is 4.65 Å². The molecule has 1 aliphatic carbocycles. The Bertz CT molecular complexity index is 806. The topological polar surface area (TPSA) is 103 Å². The van der Waals surface area contributed by atoms with E-state index in [1.807, 2.05) is 13.1 Å². The third-order valence-electron chi connectivity index (χ3n) is 6.76. The maximum Gasteiger partial charge on any atom is 0.570 e. The van der Waals surface area contributed by atoms with Gasteiger partial charge in [0.05, 0.1) is 11.5 Å². The van der Waals surface area contributed by atoms with Crippen LogP contribution >= 0.6 is 0 Å². The molecular formula is C24H37BN4O4. The third-order valence-corrected chi connectivity index (χ3v) is 6.76. The van der Waals surface area contributed by atoms with Gasteiger partial charge in [-0.15, -0.1) is 0 Å². The highest BCUT2D eigenvalue weighted by molar-refractivity contribution is 6.53. The van der Waals surface area contributed by atoms with Crippen molar-refractivity contribution < 1.29 is 14.6 Å². The molecule has 0 radical (unpaired) electrons. The van der Waals surface area contributed by atoms with E-state index in [1.54, 1.807) is 6.07 Å². The second-order valence-electron chi connectivity index (χ2n) is 9.28. The predicted octanol–water partition coefficient (Wildman–Crippen LogP) is 3.47. The van der Waals surface area contributed by atoms with Gasteiger partial charge in [-0.3, -0.25) is 0 Å². The van der Waals surface area contributed by atoms with Crippen molar-refractivity contribution in [2.75, 3.05) is 33.2 Å². The number of carboxylic acids is 1. The first kappa shape index (κ1) is 25.2. The summed E-state index contributed by atoms with van der Waals surface area (Å²) < 4.78 is 5.65. The number of piperidine rings is 1. The minimum absolute atomic E-state index is 0.0541. The molecule has 4 rings (SSSR count). The summed E-state index contributed by atoms with van der Waals surface area (Å²) in [5.74, 6) is -0.628. The van der Waals surface area contributed by atoms with Crippen molar-refractivity contribution in [1.29, 1.82) is 0 Å². The number of likely N-dealkylation sites (tertiary alicyclic amines) is 1. The zero-order valence-electron chi connectivity index (χ0n) is 19.7. The molecule has 1 aromatic carbocycles. The van der Waals surface area contributed by atoms with E-state index in [2.05, 4.69) is 27.2 Å². The van der Waals surface area contributed by atoms with Crippen LogP contribution in [-0.2, 0) is 6.42 Å². The van der Waals surface area contributed by atoms with Gasteiger partial charge in [0, 0.05) is 18.8 Å². The number of para-hydroxylation sites is 1. The summed E-state index contributed by atoms with van der Waals surface area (Å²) in [6, 6.07) is 4.98. The van der Waals surface area contributed by atoms with E-state index in [1.165, 1.54) is 31.7 Å². The lowest BCUT2D eigenvalue weighted by Crippen LogP contribution is -2.50. The Morgan fingerprint density at radius 2 is 1.97 bits per heavy atom. The Morgan fingerprint density at radius 1 is 1.27 bits per heavy atom. The average molecular weight is 456 g/mol. The summed E-state index contributed by atoms with van der Waals surface area (Å²) in [6.07, 6.45) is 9.58. The van der Waals surface area contributed by atoms with Gasteiger partial charge in [0.15, 0.2) is 0 Å². The lowest BCUT2D eigenvalue weighted by atomic mass is 9.68. The maximum atomic E-state index is 11.4. The largest absolute Gasteiger partial charge is 0.570 e. The Labute approximate surface area is 197 Å². The molecule has 0 spiro atoms. The Kier molecular flexibility index (Phi) is 9.75. The van der Waals surface area contributed by atoms with Crippen molar-refractivity contribution in [3.8, 4) is 5.75 Å². The fourth-order valence-electron chi connectivity index (χ4n) is 4.41. The molecular weight excluding hydrogens is 419 g/mol. The minimum Gasteiger partial charge on any atom is -0.536 e. The van der Waals surface area contributed by atoms with Gasteiger partial charge in [0.1, 0.15) is 5.75 Å². The number of nitroso groups, excluding NO2 is 1. The highest BCUT2D eigenvalue weighted by Gasteiger charge is 2.39. The molecule has 0 amide bonds. The summed E-state index contributed by atoms with van der Waals surface area (Å²) in [5.41, 5.74) is 1.69.